The van der Waals surface area contributed by atoms with E-state index in [0.29, 0.717) is 10.0 Å². The van der Waals surface area contributed by atoms with Gasteiger partial charge in [0.05, 0.1) is 16.1 Å². The first-order valence-corrected chi connectivity index (χ1v) is 8.79. The monoisotopic (exact) mass is 348 g/mol. The number of aryl methyl sites for hydroxylation is 2. The molecule has 0 amide bonds. The van der Waals surface area contributed by atoms with Crippen molar-refractivity contribution >= 4 is 23.2 Å². The van der Waals surface area contributed by atoms with Crippen LogP contribution in [-0.4, -0.2) is 31.1 Å². The molecule has 0 radical (unpaired) electrons. The van der Waals surface area contributed by atoms with Gasteiger partial charge in [-0.05, 0) is 31.0 Å². The molecule has 3 rings (SSSR count). The lowest BCUT2D eigenvalue weighted by atomic mass is 9.93. The minimum absolute atomic E-state index is 0.141. The molecule has 1 aliphatic heterocycles. The normalized spacial score (nSPS) is 17.2. The third kappa shape index (κ3) is 3.72. The van der Waals surface area contributed by atoms with Crippen LogP contribution in [0.5, 0.6) is 0 Å². The Morgan fingerprint density at radius 2 is 1.65 bits per heavy atom. The molecule has 0 aliphatic carbocycles. The molecule has 1 aliphatic rings. The summed E-state index contributed by atoms with van der Waals surface area (Å²) in [6.45, 7) is 8.29. The van der Waals surface area contributed by atoms with E-state index in [-0.39, 0.29) is 6.04 Å². The number of benzene rings is 2. The van der Waals surface area contributed by atoms with Crippen LogP contribution in [0.2, 0.25) is 10.0 Å². The Kier molecular flexibility index (Phi) is 5.27. The van der Waals surface area contributed by atoms with Crippen LogP contribution in [0.25, 0.3) is 0 Å². The maximum absolute atomic E-state index is 6.56. The fraction of sp³-hybridized carbons (Fsp3) is 0.368. The number of hydrogen-bond acceptors (Lipinski definition) is 2. The quantitative estimate of drug-likeness (QED) is 0.871. The van der Waals surface area contributed by atoms with Gasteiger partial charge in [-0.2, -0.15) is 0 Å². The fourth-order valence-corrected chi connectivity index (χ4v) is 3.84. The Balaban J connectivity index is 2.11. The summed E-state index contributed by atoms with van der Waals surface area (Å²) >= 11 is 12.8. The molecule has 1 atom stereocenters. The lowest BCUT2D eigenvalue weighted by Gasteiger charge is -2.36. The van der Waals surface area contributed by atoms with Gasteiger partial charge in [-0.3, -0.25) is 4.90 Å². The first-order chi connectivity index (χ1) is 11.1. The van der Waals surface area contributed by atoms with E-state index in [2.05, 4.69) is 48.3 Å². The zero-order valence-electron chi connectivity index (χ0n) is 13.6. The Labute approximate surface area is 148 Å². The van der Waals surface area contributed by atoms with Crippen LogP contribution < -0.4 is 5.32 Å². The number of halogens is 2. The molecule has 0 bridgehead atoms. The van der Waals surface area contributed by atoms with Crippen molar-refractivity contribution in [3.8, 4) is 0 Å². The van der Waals surface area contributed by atoms with Crippen molar-refractivity contribution in [3.05, 3.63) is 68.7 Å². The average molecular weight is 349 g/mol. The van der Waals surface area contributed by atoms with E-state index in [4.69, 9.17) is 23.2 Å². The Hall–Kier alpha value is -1.06. The molecular formula is C19H22Cl2N2. The second-order valence-electron chi connectivity index (χ2n) is 6.25. The third-order valence-electron chi connectivity index (χ3n) is 4.35. The average Bonchev–Trinajstić information content (AvgIpc) is 2.52. The third-order valence-corrected chi connectivity index (χ3v) is 5.19. The molecule has 122 valence electrons. The van der Waals surface area contributed by atoms with Gasteiger partial charge < -0.3 is 5.32 Å². The maximum atomic E-state index is 6.56. The predicted octanol–water partition coefficient (Wildman–Crippen LogP) is 4.60. The number of nitrogens with zero attached hydrogens (tertiary/aromatic N) is 1. The Bertz CT molecular complexity index is 674. The van der Waals surface area contributed by atoms with Crippen molar-refractivity contribution in [2.75, 3.05) is 26.2 Å². The number of rotatable bonds is 3. The minimum atomic E-state index is 0.141. The summed E-state index contributed by atoms with van der Waals surface area (Å²) in [5.74, 6) is 0. The van der Waals surface area contributed by atoms with Gasteiger partial charge in [-0.25, -0.2) is 0 Å². The van der Waals surface area contributed by atoms with Gasteiger partial charge in [0.1, 0.15) is 0 Å². The lowest BCUT2D eigenvalue weighted by Crippen LogP contribution is -2.45. The van der Waals surface area contributed by atoms with Gasteiger partial charge in [0.2, 0.25) is 0 Å². The first kappa shape index (κ1) is 16.8. The highest BCUT2D eigenvalue weighted by Gasteiger charge is 2.26. The second kappa shape index (κ2) is 7.23. The van der Waals surface area contributed by atoms with E-state index in [0.717, 1.165) is 31.7 Å². The molecule has 1 N–H and O–H groups in total. The van der Waals surface area contributed by atoms with E-state index >= 15 is 0 Å². The summed E-state index contributed by atoms with van der Waals surface area (Å²) in [5, 5.41) is 4.70. The zero-order chi connectivity index (χ0) is 16.4. The van der Waals surface area contributed by atoms with Crippen LogP contribution in [0.3, 0.4) is 0 Å². The van der Waals surface area contributed by atoms with Crippen LogP contribution in [-0.2, 0) is 0 Å². The minimum Gasteiger partial charge on any atom is -0.314 e. The summed E-state index contributed by atoms with van der Waals surface area (Å²) in [7, 11) is 0. The lowest BCUT2D eigenvalue weighted by molar-refractivity contribution is 0.198. The van der Waals surface area contributed by atoms with Crippen molar-refractivity contribution in [1.82, 2.24) is 10.2 Å². The molecule has 0 aromatic heterocycles. The molecular weight excluding hydrogens is 327 g/mol. The largest absolute Gasteiger partial charge is 0.314 e. The summed E-state index contributed by atoms with van der Waals surface area (Å²) in [4.78, 5) is 2.49. The van der Waals surface area contributed by atoms with Crippen molar-refractivity contribution in [1.29, 1.82) is 0 Å². The summed E-state index contributed by atoms with van der Waals surface area (Å²) in [6, 6.07) is 12.8. The molecule has 1 heterocycles. The van der Waals surface area contributed by atoms with Crippen LogP contribution in [0.1, 0.15) is 28.3 Å². The van der Waals surface area contributed by atoms with Crippen molar-refractivity contribution in [3.63, 3.8) is 0 Å². The number of nitrogens with one attached hydrogen (secondary N) is 1. The highest BCUT2D eigenvalue weighted by Crippen LogP contribution is 2.37. The number of piperazine rings is 1. The summed E-state index contributed by atoms with van der Waals surface area (Å²) in [5.41, 5.74) is 4.93. The molecule has 0 spiro atoms. The van der Waals surface area contributed by atoms with E-state index in [1.54, 1.807) is 0 Å². The standard InChI is InChI=1S/C19H22Cl2N2/c1-13-10-14(2)12-15(11-13)19(23-8-6-22-7-9-23)16-4-3-5-17(20)18(16)21/h3-5,10-12,19,22H,6-9H2,1-2H3. The highest BCUT2D eigenvalue weighted by molar-refractivity contribution is 6.42. The van der Waals surface area contributed by atoms with Crippen LogP contribution in [0.4, 0.5) is 0 Å². The molecule has 1 saturated heterocycles. The number of hydrogen-bond donors (Lipinski definition) is 1. The fourth-order valence-electron chi connectivity index (χ4n) is 3.43. The van der Waals surface area contributed by atoms with Gasteiger partial charge in [0.25, 0.3) is 0 Å². The smallest absolute Gasteiger partial charge is 0.0643 e. The molecule has 4 heteroatoms. The SMILES string of the molecule is Cc1cc(C)cc(C(c2cccc(Cl)c2Cl)N2CCNCC2)c1. The Morgan fingerprint density at radius 1 is 1.00 bits per heavy atom. The first-order valence-electron chi connectivity index (χ1n) is 8.03. The van der Waals surface area contributed by atoms with E-state index in [1.807, 2.05) is 12.1 Å². The van der Waals surface area contributed by atoms with E-state index in [1.165, 1.54) is 16.7 Å². The second-order valence-corrected chi connectivity index (χ2v) is 7.04. The van der Waals surface area contributed by atoms with Gasteiger partial charge in [-0.15, -0.1) is 0 Å². The topological polar surface area (TPSA) is 15.3 Å². The van der Waals surface area contributed by atoms with E-state index in [9.17, 15) is 0 Å². The molecule has 2 aromatic rings. The van der Waals surface area contributed by atoms with Crippen LogP contribution in [0, 0.1) is 13.8 Å². The van der Waals surface area contributed by atoms with Crippen molar-refractivity contribution < 1.29 is 0 Å². The highest BCUT2D eigenvalue weighted by atomic mass is 35.5. The van der Waals surface area contributed by atoms with Crippen molar-refractivity contribution in [2.45, 2.75) is 19.9 Å². The van der Waals surface area contributed by atoms with Gasteiger partial charge in [0.15, 0.2) is 0 Å². The molecule has 2 aromatic carbocycles. The van der Waals surface area contributed by atoms with E-state index < -0.39 is 0 Å². The maximum Gasteiger partial charge on any atom is 0.0643 e. The Morgan fingerprint density at radius 3 is 2.30 bits per heavy atom. The molecule has 23 heavy (non-hydrogen) atoms. The van der Waals surface area contributed by atoms with Gasteiger partial charge >= 0.3 is 0 Å². The summed E-state index contributed by atoms with van der Waals surface area (Å²) < 4.78 is 0. The van der Waals surface area contributed by atoms with Gasteiger partial charge in [0, 0.05) is 26.2 Å². The van der Waals surface area contributed by atoms with Crippen LogP contribution in [0.15, 0.2) is 36.4 Å². The predicted molar refractivity (Wildman–Crippen MR) is 98.7 cm³/mol. The molecule has 0 saturated carbocycles. The molecule has 1 unspecified atom stereocenters. The van der Waals surface area contributed by atoms with Crippen molar-refractivity contribution in [2.24, 2.45) is 0 Å². The molecule has 1 fully saturated rings. The van der Waals surface area contributed by atoms with Crippen LogP contribution >= 0.6 is 23.2 Å². The molecule has 2 nitrogen and oxygen atoms in total. The zero-order valence-corrected chi connectivity index (χ0v) is 15.1. The summed E-state index contributed by atoms with van der Waals surface area (Å²) in [6.07, 6.45) is 0. The van der Waals surface area contributed by atoms with Gasteiger partial charge in [-0.1, -0.05) is 64.7 Å².